The Morgan fingerprint density at radius 3 is 2.67 bits per heavy atom. The molecule has 0 radical (unpaired) electrons. The Morgan fingerprint density at radius 1 is 1.14 bits per heavy atom. The number of hydrogen-bond acceptors (Lipinski definition) is 5. The van der Waals surface area contributed by atoms with E-state index in [1.807, 2.05) is 24.3 Å². The lowest BCUT2D eigenvalue weighted by Gasteiger charge is -2.17. The van der Waals surface area contributed by atoms with E-state index in [4.69, 9.17) is 15.2 Å². The molecule has 0 amide bonds. The highest BCUT2D eigenvalue weighted by molar-refractivity contribution is 5.82. The van der Waals surface area contributed by atoms with Gasteiger partial charge in [-0.1, -0.05) is 6.07 Å². The quantitative estimate of drug-likeness (QED) is 0.749. The van der Waals surface area contributed by atoms with Crippen molar-refractivity contribution in [1.29, 1.82) is 0 Å². The number of ether oxygens (including phenoxy) is 2. The van der Waals surface area contributed by atoms with E-state index in [2.05, 4.69) is 15.0 Å². The molecule has 0 atom stereocenters. The predicted octanol–water partition coefficient (Wildman–Crippen LogP) is 1.85. The molecular weight excluding hydrogens is 268 g/mol. The number of hydrogen-bond donors (Lipinski definition) is 2. The van der Waals surface area contributed by atoms with Crippen LogP contribution in [-0.2, 0) is 6.54 Å². The molecule has 0 unspecified atom stereocenters. The van der Waals surface area contributed by atoms with Crippen molar-refractivity contribution in [1.82, 2.24) is 15.0 Å². The summed E-state index contributed by atoms with van der Waals surface area (Å²) in [5.74, 6) is 2.20. The molecule has 6 heteroatoms. The minimum atomic E-state index is 0.481. The summed E-state index contributed by atoms with van der Waals surface area (Å²) in [6.45, 7) is 1.62. The van der Waals surface area contributed by atoms with E-state index in [-0.39, 0.29) is 0 Å². The molecule has 0 spiro atoms. The van der Waals surface area contributed by atoms with Gasteiger partial charge in [0.2, 0.25) is 0 Å². The predicted molar refractivity (Wildman–Crippen MR) is 78.2 cm³/mol. The number of nitrogens with zero attached hydrogens (tertiary/aromatic N) is 2. The van der Waals surface area contributed by atoms with E-state index in [0.29, 0.717) is 19.8 Å². The number of H-pyrrole nitrogens is 1. The van der Waals surface area contributed by atoms with Crippen LogP contribution in [0.2, 0.25) is 0 Å². The van der Waals surface area contributed by atoms with Crippen molar-refractivity contribution in [3.05, 3.63) is 36.0 Å². The molecule has 1 aromatic carbocycles. The van der Waals surface area contributed by atoms with E-state index >= 15 is 0 Å². The van der Waals surface area contributed by atoms with Crippen molar-refractivity contribution in [2.24, 2.45) is 5.73 Å². The Bertz CT molecular complexity index is 752. The molecule has 21 heavy (non-hydrogen) atoms. The number of imidazole rings is 1. The Hall–Kier alpha value is -2.60. The molecule has 0 saturated carbocycles. The summed E-state index contributed by atoms with van der Waals surface area (Å²) in [5, 5.41) is 0. The van der Waals surface area contributed by atoms with Gasteiger partial charge in [0.05, 0.1) is 11.0 Å². The molecule has 3 aromatic rings. The standard InChI is InChI=1S/C15H14N4O2/c16-7-9-1-2-10(17-8-9)15-18-11-5-13-14(6-12(11)19-15)21-4-3-20-13/h1-2,5-6,8H,3-4,7,16H2,(H,18,19). The maximum absolute atomic E-state index is 5.58. The molecule has 6 nitrogen and oxygen atoms in total. The van der Waals surface area contributed by atoms with E-state index in [1.165, 1.54) is 0 Å². The van der Waals surface area contributed by atoms with Crippen molar-refractivity contribution in [3.63, 3.8) is 0 Å². The highest BCUT2D eigenvalue weighted by Gasteiger charge is 2.15. The van der Waals surface area contributed by atoms with E-state index in [0.717, 1.165) is 39.6 Å². The van der Waals surface area contributed by atoms with Gasteiger partial charge in [0.15, 0.2) is 17.3 Å². The first-order valence-electron chi connectivity index (χ1n) is 6.78. The first kappa shape index (κ1) is 12.2. The zero-order chi connectivity index (χ0) is 14.2. The molecule has 4 rings (SSSR count). The number of nitrogens with one attached hydrogen (secondary N) is 1. The first-order valence-corrected chi connectivity index (χ1v) is 6.78. The normalized spacial score (nSPS) is 13.6. The minimum absolute atomic E-state index is 0.481. The van der Waals surface area contributed by atoms with Crippen LogP contribution in [0.4, 0.5) is 0 Å². The fraction of sp³-hybridized carbons (Fsp3) is 0.200. The van der Waals surface area contributed by atoms with Gasteiger partial charge < -0.3 is 20.2 Å². The first-order chi connectivity index (χ1) is 10.3. The third-order valence-electron chi connectivity index (χ3n) is 3.45. The molecular formula is C15H14N4O2. The number of nitrogens with two attached hydrogens (primary N) is 1. The monoisotopic (exact) mass is 282 g/mol. The smallest absolute Gasteiger partial charge is 0.163 e. The second-order valence-corrected chi connectivity index (χ2v) is 4.85. The summed E-state index contributed by atoms with van der Waals surface area (Å²) in [7, 11) is 0. The minimum Gasteiger partial charge on any atom is -0.486 e. The molecule has 2 aromatic heterocycles. The molecule has 3 heterocycles. The SMILES string of the molecule is NCc1ccc(-c2nc3cc4c(cc3[nH]2)OCCO4)nc1. The average molecular weight is 282 g/mol. The van der Waals surface area contributed by atoms with Gasteiger partial charge in [-0.25, -0.2) is 4.98 Å². The van der Waals surface area contributed by atoms with Crippen LogP contribution >= 0.6 is 0 Å². The Balaban J connectivity index is 1.78. The summed E-state index contributed by atoms with van der Waals surface area (Å²) < 4.78 is 11.1. The number of aromatic nitrogens is 3. The number of fused-ring (bicyclic) bond motifs is 2. The van der Waals surface area contributed by atoms with Crippen LogP contribution in [0, 0.1) is 0 Å². The third-order valence-corrected chi connectivity index (χ3v) is 3.45. The van der Waals surface area contributed by atoms with E-state index < -0.39 is 0 Å². The van der Waals surface area contributed by atoms with Crippen LogP contribution in [0.25, 0.3) is 22.6 Å². The molecule has 0 saturated heterocycles. The van der Waals surface area contributed by atoms with Gasteiger partial charge in [-0.05, 0) is 11.6 Å². The fourth-order valence-corrected chi connectivity index (χ4v) is 2.35. The summed E-state index contributed by atoms with van der Waals surface area (Å²) in [6, 6.07) is 7.66. The van der Waals surface area contributed by atoms with Gasteiger partial charge in [0, 0.05) is 24.9 Å². The van der Waals surface area contributed by atoms with Crippen LogP contribution in [0.3, 0.4) is 0 Å². The number of rotatable bonds is 2. The second-order valence-electron chi connectivity index (χ2n) is 4.85. The van der Waals surface area contributed by atoms with Crippen LogP contribution in [0.5, 0.6) is 11.5 Å². The summed E-state index contributed by atoms with van der Waals surface area (Å²) in [6.07, 6.45) is 1.76. The van der Waals surface area contributed by atoms with Crippen molar-refractivity contribution < 1.29 is 9.47 Å². The van der Waals surface area contributed by atoms with Gasteiger partial charge in [0.25, 0.3) is 0 Å². The van der Waals surface area contributed by atoms with Crippen LogP contribution < -0.4 is 15.2 Å². The highest BCUT2D eigenvalue weighted by Crippen LogP contribution is 2.34. The van der Waals surface area contributed by atoms with Crippen molar-refractivity contribution in [2.75, 3.05) is 13.2 Å². The maximum atomic E-state index is 5.58. The van der Waals surface area contributed by atoms with Crippen LogP contribution in [0.15, 0.2) is 30.5 Å². The van der Waals surface area contributed by atoms with Crippen molar-refractivity contribution in [3.8, 4) is 23.0 Å². The van der Waals surface area contributed by atoms with Gasteiger partial charge in [0.1, 0.15) is 18.9 Å². The molecule has 0 fully saturated rings. The Morgan fingerprint density at radius 2 is 1.95 bits per heavy atom. The lowest BCUT2D eigenvalue weighted by molar-refractivity contribution is 0.172. The van der Waals surface area contributed by atoms with Gasteiger partial charge in [-0.15, -0.1) is 0 Å². The Kier molecular flexibility index (Phi) is 2.75. The number of pyridine rings is 1. The number of benzene rings is 1. The number of aromatic amines is 1. The topological polar surface area (TPSA) is 86.0 Å². The second kappa shape index (κ2) is 4.75. The summed E-state index contributed by atoms with van der Waals surface area (Å²) in [4.78, 5) is 12.2. The van der Waals surface area contributed by atoms with E-state index in [1.54, 1.807) is 6.20 Å². The molecule has 106 valence electrons. The molecule has 0 bridgehead atoms. The van der Waals surface area contributed by atoms with Gasteiger partial charge in [-0.3, -0.25) is 4.98 Å². The lowest BCUT2D eigenvalue weighted by Crippen LogP contribution is -2.15. The summed E-state index contributed by atoms with van der Waals surface area (Å²) >= 11 is 0. The molecule has 1 aliphatic rings. The van der Waals surface area contributed by atoms with Crippen LogP contribution in [-0.4, -0.2) is 28.2 Å². The van der Waals surface area contributed by atoms with Gasteiger partial charge >= 0.3 is 0 Å². The maximum Gasteiger partial charge on any atom is 0.163 e. The van der Waals surface area contributed by atoms with Crippen molar-refractivity contribution in [2.45, 2.75) is 6.54 Å². The molecule has 1 aliphatic heterocycles. The molecule has 0 aliphatic carbocycles. The highest BCUT2D eigenvalue weighted by atomic mass is 16.6. The van der Waals surface area contributed by atoms with E-state index in [9.17, 15) is 0 Å². The fourth-order valence-electron chi connectivity index (χ4n) is 2.35. The largest absolute Gasteiger partial charge is 0.486 e. The zero-order valence-electron chi connectivity index (χ0n) is 11.3. The third kappa shape index (κ3) is 2.09. The Labute approximate surface area is 120 Å². The van der Waals surface area contributed by atoms with Gasteiger partial charge in [-0.2, -0.15) is 0 Å². The zero-order valence-corrected chi connectivity index (χ0v) is 11.3. The molecule has 3 N–H and O–H groups in total. The van der Waals surface area contributed by atoms with Crippen molar-refractivity contribution >= 4 is 11.0 Å². The lowest BCUT2D eigenvalue weighted by atomic mass is 10.2. The summed E-state index contributed by atoms with van der Waals surface area (Å²) in [5.41, 5.74) is 9.09. The van der Waals surface area contributed by atoms with Crippen LogP contribution in [0.1, 0.15) is 5.56 Å². The average Bonchev–Trinajstić information content (AvgIpc) is 2.95.